The van der Waals surface area contributed by atoms with Crippen molar-refractivity contribution >= 4 is 5.91 Å². The minimum Gasteiger partial charge on any atom is -0.497 e. The van der Waals surface area contributed by atoms with Crippen molar-refractivity contribution in [2.45, 2.75) is 12.5 Å². The summed E-state index contributed by atoms with van der Waals surface area (Å²) in [6.45, 7) is 0.830. The molecule has 1 atom stereocenters. The van der Waals surface area contributed by atoms with Crippen LogP contribution in [0, 0.1) is 0 Å². The first-order valence-electron chi connectivity index (χ1n) is 5.90. The summed E-state index contributed by atoms with van der Waals surface area (Å²) in [6.07, 6.45) is -0.319. The molecule has 3 N–H and O–H groups in total. The lowest BCUT2D eigenvalue weighted by molar-refractivity contribution is -0.121. The maximum Gasteiger partial charge on any atom is 0.221 e. The van der Waals surface area contributed by atoms with Gasteiger partial charge in [-0.25, -0.2) is 0 Å². The molecule has 0 bridgehead atoms. The molecule has 1 amide bonds. The van der Waals surface area contributed by atoms with Crippen molar-refractivity contribution in [3.63, 3.8) is 0 Å². The molecule has 5 heteroatoms. The molecule has 1 aromatic carbocycles. The highest BCUT2D eigenvalue weighted by molar-refractivity contribution is 5.76. The minimum absolute atomic E-state index is 0.0775. The third-order valence-corrected chi connectivity index (χ3v) is 2.57. The summed E-state index contributed by atoms with van der Waals surface area (Å²) in [5.74, 6) is 0.611. The molecule has 0 aliphatic heterocycles. The summed E-state index contributed by atoms with van der Waals surface area (Å²) < 4.78 is 5.08. The van der Waals surface area contributed by atoms with Gasteiger partial charge in [-0.1, -0.05) is 12.1 Å². The van der Waals surface area contributed by atoms with E-state index in [4.69, 9.17) is 4.74 Å². The maximum absolute atomic E-state index is 11.4. The van der Waals surface area contributed by atoms with E-state index in [1.54, 1.807) is 32.4 Å². The molecule has 18 heavy (non-hydrogen) atoms. The van der Waals surface area contributed by atoms with E-state index in [9.17, 15) is 9.90 Å². The molecule has 1 unspecified atom stereocenters. The zero-order valence-corrected chi connectivity index (χ0v) is 10.8. The third-order valence-electron chi connectivity index (χ3n) is 2.57. The second kappa shape index (κ2) is 7.68. The van der Waals surface area contributed by atoms with Gasteiger partial charge in [-0.05, 0) is 24.7 Å². The summed E-state index contributed by atoms with van der Waals surface area (Å²) in [6, 6.07) is 7.17. The van der Waals surface area contributed by atoms with Crippen molar-refractivity contribution in [2.24, 2.45) is 0 Å². The summed E-state index contributed by atoms with van der Waals surface area (Å²) in [7, 11) is 3.36. The number of hydrogen-bond donors (Lipinski definition) is 3. The lowest BCUT2D eigenvalue weighted by Crippen LogP contribution is -2.30. The Hall–Kier alpha value is -1.59. The van der Waals surface area contributed by atoms with Gasteiger partial charge in [0.2, 0.25) is 5.91 Å². The standard InChI is InChI=1S/C13H20N2O3/c1-14-7-6-13(17)15-9-12(16)10-4-3-5-11(8-10)18-2/h3-5,8,12,14,16H,6-7,9H2,1-2H3,(H,15,17). The minimum atomic E-state index is -0.723. The average Bonchev–Trinajstić information content (AvgIpc) is 2.42. The molecule has 0 fully saturated rings. The van der Waals surface area contributed by atoms with Crippen LogP contribution in [0.1, 0.15) is 18.1 Å². The Bertz CT molecular complexity index is 382. The summed E-state index contributed by atoms with van der Waals surface area (Å²) in [4.78, 5) is 11.4. The first-order chi connectivity index (χ1) is 8.67. The van der Waals surface area contributed by atoms with Gasteiger partial charge < -0.3 is 20.5 Å². The van der Waals surface area contributed by atoms with Crippen molar-refractivity contribution in [3.05, 3.63) is 29.8 Å². The predicted octanol–water partition coefficient (Wildman–Crippen LogP) is 0.454. The Morgan fingerprint density at radius 3 is 2.94 bits per heavy atom. The third kappa shape index (κ3) is 4.73. The van der Waals surface area contributed by atoms with Crippen LogP contribution in [0.15, 0.2) is 24.3 Å². The Kier molecular flexibility index (Phi) is 6.18. The molecule has 0 aliphatic carbocycles. The summed E-state index contributed by atoms with van der Waals surface area (Å²) in [5.41, 5.74) is 0.725. The van der Waals surface area contributed by atoms with Crippen molar-refractivity contribution in [2.75, 3.05) is 27.2 Å². The molecule has 100 valence electrons. The van der Waals surface area contributed by atoms with Crippen molar-refractivity contribution in [1.82, 2.24) is 10.6 Å². The van der Waals surface area contributed by atoms with Crippen LogP contribution in [-0.4, -0.2) is 38.3 Å². The number of carbonyl (C=O) groups excluding carboxylic acids is 1. The number of hydrogen-bond acceptors (Lipinski definition) is 4. The van der Waals surface area contributed by atoms with Crippen LogP contribution >= 0.6 is 0 Å². The number of benzene rings is 1. The van der Waals surface area contributed by atoms with Gasteiger partial charge in [0.15, 0.2) is 0 Å². The number of aliphatic hydroxyl groups excluding tert-OH is 1. The molecule has 0 aromatic heterocycles. The van der Waals surface area contributed by atoms with Gasteiger partial charge in [-0.2, -0.15) is 0 Å². The van der Waals surface area contributed by atoms with Crippen LogP contribution in [0.3, 0.4) is 0 Å². The topological polar surface area (TPSA) is 70.6 Å². The molecular formula is C13H20N2O3. The highest BCUT2D eigenvalue weighted by Crippen LogP contribution is 2.18. The van der Waals surface area contributed by atoms with Gasteiger partial charge in [-0.15, -0.1) is 0 Å². The van der Waals surface area contributed by atoms with Gasteiger partial charge in [0.05, 0.1) is 13.2 Å². The lowest BCUT2D eigenvalue weighted by atomic mass is 10.1. The van der Waals surface area contributed by atoms with Gasteiger partial charge in [0, 0.05) is 19.5 Å². The molecular weight excluding hydrogens is 232 g/mol. The lowest BCUT2D eigenvalue weighted by Gasteiger charge is -2.13. The zero-order chi connectivity index (χ0) is 13.4. The second-order valence-electron chi connectivity index (χ2n) is 3.95. The SMILES string of the molecule is CNCCC(=O)NCC(O)c1cccc(OC)c1. The van der Waals surface area contributed by atoms with E-state index in [0.29, 0.717) is 18.7 Å². The van der Waals surface area contributed by atoms with E-state index in [-0.39, 0.29) is 12.5 Å². The van der Waals surface area contributed by atoms with Crippen LogP contribution < -0.4 is 15.4 Å². The quantitative estimate of drug-likeness (QED) is 0.659. The molecule has 1 rings (SSSR count). The molecule has 0 spiro atoms. The Morgan fingerprint density at radius 2 is 2.28 bits per heavy atom. The fraction of sp³-hybridized carbons (Fsp3) is 0.462. The van der Waals surface area contributed by atoms with Crippen LogP contribution in [0.5, 0.6) is 5.75 Å². The van der Waals surface area contributed by atoms with E-state index in [0.717, 1.165) is 5.56 Å². The van der Waals surface area contributed by atoms with Crippen molar-refractivity contribution in [1.29, 1.82) is 0 Å². The summed E-state index contributed by atoms with van der Waals surface area (Å²) in [5, 5.41) is 15.5. The van der Waals surface area contributed by atoms with E-state index >= 15 is 0 Å². The smallest absolute Gasteiger partial charge is 0.221 e. The van der Waals surface area contributed by atoms with Gasteiger partial charge in [-0.3, -0.25) is 4.79 Å². The molecule has 1 aromatic rings. The maximum atomic E-state index is 11.4. The molecule has 0 aliphatic rings. The summed E-state index contributed by atoms with van der Waals surface area (Å²) >= 11 is 0. The Labute approximate surface area is 107 Å². The fourth-order valence-electron chi connectivity index (χ4n) is 1.50. The van der Waals surface area contributed by atoms with E-state index in [1.807, 2.05) is 6.07 Å². The first-order valence-corrected chi connectivity index (χ1v) is 5.90. The largest absolute Gasteiger partial charge is 0.497 e. The van der Waals surface area contributed by atoms with E-state index < -0.39 is 6.10 Å². The molecule has 0 saturated carbocycles. The predicted molar refractivity (Wildman–Crippen MR) is 69.5 cm³/mol. The highest BCUT2D eigenvalue weighted by Gasteiger charge is 2.09. The van der Waals surface area contributed by atoms with E-state index in [2.05, 4.69) is 10.6 Å². The molecule has 5 nitrogen and oxygen atoms in total. The number of aliphatic hydroxyl groups is 1. The molecule has 0 saturated heterocycles. The fourth-order valence-corrected chi connectivity index (χ4v) is 1.50. The van der Waals surface area contributed by atoms with E-state index in [1.165, 1.54) is 0 Å². The zero-order valence-electron chi connectivity index (χ0n) is 10.8. The Balaban J connectivity index is 2.44. The first kappa shape index (κ1) is 14.5. The number of amides is 1. The van der Waals surface area contributed by atoms with Crippen LogP contribution in [0.2, 0.25) is 0 Å². The number of methoxy groups -OCH3 is 1. The average molecular weight is 252 g/mol. The van der Waals surface area contributed by atoms with Crippen LogP contribution in [-0.2, 0) is 4.79 Å². The molecule has 0 radical (unpaired) electrons. The van der Waals surface area contributed by atoms with Gasteiger partial charge in [0.25, 0.3) is 0 Å². The van der Waals surface area contributed by atoms with Crippen LogP contribution in [0.25, 0.3) is 0 Å². The normalized spacial score (nSPS) is 11.9. The number of rotatable bonds is 7. The Morgan fingerprint density at radius 1 is 1.50 bits per heavy atom. The second-order valence-corrected chi connectivity index (χ2v) is 3.95. The monoisotopic (exact) mass is 252 g/mol. The number of nitrogens with one attached hydrogen (secondary N) is 2. The number of ether oxygens (including phenoxy) is 1. The highest BCUT2D eigenvalue weighted by atomic mass is 16.5. The van der Waals surface area contributed by atoms with Crippen molar-refractivity contribution < 1.29 is 14.6 Å². The molecule has 0 heterocycles. The van der Waals surface area contributed by atoms with Gasteiger partial charge in [0.1, 0.15) is 5.75 Å². The van der Waals surface area contributed by atoms with Crippen molar-refractivity contribution in [3.8, 4) is 5.75 Å². The van der Waals surface area contributed by atoms with Crippen LogP contribution in [0.4, 0.5) is 0 Å². The number of carbonyl (C=O) groups is 1. The van der Waals surface area contributed by atoms with Gasteiger partial charge >= 0.3 is 0 Å².